The van der Waals surface area contributed by atoms with Crippen LogP contribution >= 0.6 is 38.2 Å². The van der Waals surface area contributed by atoms with Crippen molar-refractivity contribution >= 4 is 47.3 Å². The van der Waals surface area contributed by atoms with Gasteiger partial charge in [-0.2, -0.15) is 0 Å². The van der Waals surface area contributed by atoms with Crippen molar-refractivity contribution in [3.8, 4) is 11.4 Å². The molecular formula is C11H8BrCl2N3O2S. The van der Waals surface area contributed by atoms with Crippen LogP contribution in [0.25, 0.3) is 11.4 Å². The maximum atomic E-state index is 11.6. The van der Waals surface area contributed by atoms with Gasteiger partial charge in [0.25, 0.3) is 14.2 Å². The Morgan fingerprint density at radius 1 is 1.30 bits per heavy atom. The van der Waals surface area contributed by atoms with Crippen molar-refractivity contribution in [1.29, 1.82) is 0 Å². The van der Waals surface area contributed by atoms with E-state index in [1.54, 1.807) is 22.8 Å². The first-order valence-electron chi connectivity index (χ1n) is 5.73. The predicted molar refractivity (Wildman–Crippen MR) is 79.5 cm³/mol. The number of halogens is 3. The Kier molecular flexibility index (Phi) is 3.56. The minimum Gasteiger partial charge on any atom is -0.294 e. The molecule has 2 aromatic rings. The number of hydrogen-bond acceptors (Lipinski definition) is 4. The third-order valence-corrected chi connectivity index (χ3v) is 4.99. The van der Waals surface area contributed by atoms with Gasteiger partial charge in [-0.3, -0.25) is 4.57 Å². The van der Waals surface area contributed by atoms with Crippen LogP contribution in [-0.2, 0) is 9.05 Å². The average Bonchev–Trinajstić information content (AvgIpc) is 3.07. The van der Waals surface area contributed by atoms with Gasteiger partial charge in [-0.1, -0.05) is 11.6 Å². The second-order valence-corrected chi connectivity index (χ2v) is 8.22. The summed E-state index contributed by atoms with van der Waals surface area (Å²) in [5.74, 6) is 0.468. The molecule has 0 bridgehead atoms. The molecule has 0 aliphatic heterocycles. The minimum atomic E-state index is -3.93. The molecule has 1 aliphatic rings. The molecule has 5 nitrogen and oxygen atoms in total. The second kappa shape index (κ2) is 4.98. The molecule has 0 spiro atoms. The van der Waals surface area contributed by atoms with E-state index in [2.05, 4.69) is 26.1 Å². The lowest BCUT2D eigenvalue weighted by atomic mass is 10.2. The highest BCUT2D eigenvalue weighted by molar-refractivity contribution is 9.10. The van der Waals surface area contributed by atoms with Gasteiger partial charge in [0.2, 0.25) is 0 Å². The summed E-state index contributed by atoms with van der Waals surface area (Å²) in [6.45, 7) is 0. The maximum absolute atomic E-state index is 11.6. The molecule has 0 saturated heterocycles. The maximum Gasteiger partial charge on any atom is 0.296 e. The normalized spacial score (nSPS) is 15.6. The third kappa shape index (κ3) is 2.59. The van der Waals surface area contributed by atoms with E-state index < -0.39 is 9.05 Å². The van der Waals surface area contributed by atoms with Crippen LogP contribution in [0.3, 0.4) is 0 Å². The molecule has 0 radical (unpaired) electrons. The fourth-order valence-electron chi connectivity index (χ4n) is 1.96. The summed E-state index contributed by atoms with van der Waals surface area (Å²) in [6, 6.07) is 5.27. The van der Waals surface area contributed by atoms with Crippen LogP contribution in [-0.4, -0.2) is 23.2 Å². The molecule has 1 aromatic heterocycles. The highest BCUT2D eigenvalue weighted by atomic mass is 79.9. The molecule has 1 heterocycles. The van der Waals surface area contributed by atoms with Crippen molar-refractivity contribution < 1.29 is 8.42 Å². The summed E-state index contributed by atoms with van der Waals surface area (Å²) in [6.07, 6.45) is 1.77. The summed E-state index contributed by atoms with van der Waals surface area (Å²) in [5.41, 5.74) is 0.723. The first kappa shape index (κ1) is 14.3. The molecule has 1 fully saturated rings. The Morgan fingerprint density at radius 2 is 2.00 bits per heavy atom. The van der Waals surface area contributed by atoms with Gasteiger partial charge in [-0.05, 0) is 47.0 Å². The molecule has 20 heavy (non-hydrogen) atoms. The first-order chi connectivity index (χ1) is 9.38. The van der Waals surface area contributed by atoms with Gasteiger partial charge in [-0.15, -0.1) is 10.2 Å². The molecule has 0 N–H and O–H groups in total. The number of rotatable bonds is 3. The van der Waals surface area contributed by atoms with E-state index in [0.29, 0.717) is 10.8 Å². The Bertz CT molecular complexity index is 787. The van der Waals surface area contributed by atoms with Gasteiger partial charge in [0.05, 0.1) is 0 Å². The minimum absolute atomic E-state index is 0.0751. The van der Waals surface area contributed by atoms with Crippen LogP contribution in [0, 0.1) is 0 Å². The summed E-state index contributed by atoms with van der Waals surface area (Å²) in [4.78, 5) is 0. The highest BCUT2D eigenvalue weighted by Gasteiger charge is 2.34. The zero-order valence-corrected chi connectivity index (χ0v) is 13.8. The van der Waals surface area contributed by atoms with Gasteiger partial charge in [0.1, 0.15) is 0 Å². The quantitative estimate of drug-likeness (QED) is 0.743. The summed E-state index contributed by atoms with van der Waals surface area (Å²) in [5, 5.41) is 8.07. The van der Waals surface area contributed by atoms with Gasteiger partial charge in [0.15, 0.2) is 5.82 Å². The van der Waals surface area contributed by atoms with E-state index in [1.165, 1.54) is 0 Å². The molecule has 0 unspecified atom stereocenters. The SMILES string of the molecule is O=S(=O)(Cl)c1nnc(-c2ccc(Cl)cc2Br)n1C1CC1. The fraction of sp³-hybridized carbons (Fsp3) is 0.273. The Morgan fingerprint density at radius 3 is 2.55 bits per heavy atom. The molecule has 1 aromatic carbocycles. The lowest BCUT2D eigenvalue weighted by Crippen LogP contribution is -2.06. The van der Waals surface area contributed by atoms with Crippen LogP contribution in [0.5, 0.6) is 0 Å². The van der Waals surface area contributed by atoms with E-state index in [-0.39, 0.29) is 11.2 Å². The first-order valence-corrected chi connectivity index (χ1v) is 9.21. The molecular weight excluding hydrogens is 389 g/mol. The molecule has 1 saturated carbocycles. The summed E-state index contributed by atoms with van der Waals surface area (Å²) in [7, 11) is 1.49. The molecule has 9 heteroatoms. The van der Waals surface area contributed by atoms with E-state index in [4.69, 9.17) is 22.3 Å². The van der Waals surface area contributed by atoms with Gasteiger partial charge >= 0.3 is 0 Å². The smallest absolute Gasteiger partial charge is 0.294 e. The molecule has 3 rings (SSSR count). The van der Waals surface area contributed by atoms with Crippen LogP contribution in [0.15, 0.2) is 27.8 Å². The topological polar surface area (TPSA) is 64.8 Å². The van der Waals surface area contributed by atoms with Gasteiger partial charge < -0.3 is 0 Å². The predicted octanol–water partition coefficient (Wildman–Crippen LogP) is 3.62. The van der Waals surface area contributed by atoms with Crippen LogP contribution in [0.4, 0.5) is 0 Å². The standard InChI is InChI=1S/C11H8BrCl2N3O2S/c12-9-5-6(13)1-4-8(9)10-15-16-11(20(14,18)19)17(10)7-2-3-7/h1,4-5,7H,2-3H2. The monoisotopic (exact) mass is 395 g/mol. The second-order valence-electron chi connectivity index (χ2n) is 4.47. The summed E-state index contributed by atoms with van der Waals surface area (Å²) < 4.78 is 25.5. The zero-order valence-electron chi connectivity index (χ0n) is 9.92. The largest absolute Gasteiger partial charge is 0.296 e. The van der Waals surface area contributed by atoms with Crippen LogP contribution in [0.2, 0.25) is 5.02 Å². The number of hydrogen-bond donors (Lipinski definition) is 0. The number of benzene rings is 1. The van der Waals surface area contributed by atoms with Crippen molar-refractivity contribution in [2.24, 2.45) is 0 Å². The van der Waals surface area contributed by atoms with Gasteiger partial charge in [0, 0.05) is 31.8 Å². The third-order valence-electron chi connectivity index (χ3n) is 2.97. The Balaban J connectivity index is 2.22. The van der Waals surface area contributed by atoms with Crippen molar-refractivity contribution in [3.63, 3.8) is 0 Å². The lowest BCUT2D eigenvalue weighted by Gasteiger charge is -2.08. The molecule has 1 aliphatic carbocycles. The lowest BCUT2D eigenvalue weighted by molar-refractivity contribution is 0.579. The van der Waals surface area contributed by atoms with E-state index >= 15 is 0 Å². The van der Waals surface area contributed by atoms with Gasteiger partial charge in [-0.25, -0.2) is 8.42 Å². The van der Waals surface area contributed by atoms with Crippen molar-refractivity contribution in [2.45, 2.75) is 24.0 Å². The van der Waals surface area contributed by atoms with Crippen LogP contribution < -0.4 is 0 Å². The number of nitrogens with zero attached hydrogens (tertiary/aromatic N) is 3. The zero-order chi connectivity index (χ0) is 14.5. The van der Waals surface area contributed by atoms with E-state index in [9.17, 15) is 8.42 Å². The summed E-state index contributed by atoms with van der Waals surface area (Å²) >= 11 is 9.31. The molecule has 0 atom stereocenters. The fourth-order valence-corrected chi connectivity index (χ4v) is 3.74. The highest BCUT2D eigenvalue weighted by Crippen LogP contribution is 2.41. The Hall–Kier alpha value is -0.630. The van der Waals surface area contributed by atoms with Crippen molar-refractivity contribution in [2.75, 3.05) is 0 Å². The van der Waals surface area contributed by atoms with E-state index in [0.717, 1.165) is 22.9 Å². The van der Waals surface area contributed by atoms with Crippen molar-refractivity contribution in [1.82, 2.24) is 14.8 Å². The molecule has 0 amide bonds. The molecule has 106 valence electrons. The Labute approximate surface area is 133 Å². The van der Waals surface area contributed by atoms with Crippen LogP contribution in [0.1, 0.15) is 18.9 Å². The van der Waals surface area contributed by atoms with Crippen molar-refractivity contribution in [3.05, 3.63) is 27.7 Å². The average molecular weight is 397 g/mol. The van der Waals surface area contributed by atoms with E-state index in [1.807, 2.05) is 0 Å². The number of aromatic nitrogens is 3.